The zero-order chi connectivity index (χ0) is 27.2. The molecule has 0 bridgehead atoms. The highest BCUT2D eigenvalue weighted by atomic mass is 79.9. The number of aryl methyl sites for hydroxylation is 1. The van der Waals surface area contributed by atoms with Crippen LogP contribution in [0.2, 0.25) is 0 Å². The highest BCUT2D eigenvalue weighted by Crippen LogP contribution is 2.24. The van der Waals surface area contributed by atoms with E-state index in [9.17, 15) is 14.0 Å². The van der Waals surface area contributed by atoms with Crippen molar-refractivity contribution >= 4 is 50.3 Å². The van der Waals surface area contributed by atoms with Crippen LogP contribution in [0.1, 0.15) is 24.7 Å². The van der Waals surface area contributed by atoms with Crippen molar-refractivity contribution in [3.8, 4) is 5.75 Å². The smallest absolute Gasteiger partial charge is 0.282 e. The molecule has 0 radical (unpaired) electrons. The van der Waals surface area contributed by atoms with Gasteiger partial charge in [0.05, 0.1) is 17.1 Å². The molecule has 10 heteroatoms. The van der Waals surface area contributed by atoms with Crippen LogP contribution in [0.4, 0.5) is 15.8 Å². The highest BCUT2D eigenvalue weighted by molar-refractivity contribution is 9.10. The lowest BCUT2D eigenvalue weighted by molar-refractivity contribution is -0.118. The Morgan fingerprint density at radius 3 is 2.74 bits per heavy atom. The van der Waals surface area contributed by atoms with E-state index in [1.54, 1.807) is 30.3 Å². The van der Waals surface area contributed by atoms with E-state index in [1.165, 1.54) is 29.1 Å². The van der Waals surface area contributed by atoms with Gasteiger partial charge in [-0.05, 0) is 55.0 Å². The van der Waals surface area contributed by atoms with Gasteiger partial charge in [0, 0.05) is 48.0 Å². The Morgan fingerprint density at radius 1 is 1.18 bits per heavy atom. The molecule has 4 aromatic rings. The zero-order valence-electron chi connectivity index (χ0n) is 21.2. The van der Waals surface area contributed by atoms with Crippen LogP contribution in [0.25, 0.3) is 10.9 Å². The predicted molar refractivity (Wildman–Crippen MR) is 152 cm³/mol. The van der Waals surface area contributed by atoms with Crippen LogP contribution in [0.5, 0.6) is 5.75 Å². The third-order valence-corrected chi connectivity index (χ3v) is 6.14. The second-order valence-corrected chi connectivity index (χ2v) is 9.68. The Hall–Kier alpha value is -4.05. The molecular weight excluding hydrogens is 553 g/mol. The van der Waals surface area contributed by atoms with E-state index in [1.807, 2.05) is 38.1 Å². The molecule has 0 aliphatic rings. The van der Waals surface area contributed by atoms with Gasteiger partial charge in [-0.25, -0.2) is 9.37 Å². The fraction of sp³-hybridized carbons (Fsp3) is 0.214. The highest BCUT2D eigenvalue weighted by Gasteiger charge is 2.13. The third-order valence-electron chi connectivity index (χ3n) is 5.64. The molecule has 1 heterocycles. The molecule has 0 saturated heterocycles. The first-order chi connectivity index (χ1) is 18.2. The lowest BCUT2D eigenvalue weighted by Gasteiger charge is -2.16. The Bertz CT molecular complexity index is 1570. The fourth-order valence-electron chi connectivity index (χ4n) is 3.76. The molecule has 0 aliphatic carbocycles. The van der Waals surface area contributed by atoms with Crippen molar-refractivity contribution in [1.82, 2.24) is 9.66 Å². The van der Waals surface area contributed by atoms with Crippen LogP contribution in [-0.2, 0) is 11.2 Å². The molecule has 1 amide bonds. The Morgan fingerprint density at radius 2 is 2.00 bits per heavy atom. The van der Waals surface area contributed by atoms with E-state index >= 15 is 0 Å². The molecule has 8 nitrogen and oxygen atoms in total. The molecule has 38 heavy (non-hydrogen) atoms. The van der Waals surface area contributed by atoms with E-state index in [0.717, 1.165) is 16.6 Å². The van der Waals surface area contributed by atoms with Gasteiger partial charge in [0.2, 0.25) is 0 Å². The molecule has 0 spiro atoms. The second-order valence-electron chi connectivity index (χ2n) is 8.76. The maximum Gasteiger partial charge on any atom is 0.282 e. The average molecular weight is 580 g/mol. The van der Waals surface area contributed by atoms with Crippen molar-refractivity contribution in [1.29, 1.82) is 0 Å². The van der Waals surface area contributed by atoms with Gasteiger partial charge >= 0.3 is 0 Å². The lowest BCUT2D eigenvalue weighted by atomic mass is 10.2. The van der Waals surface area contributed by atoms with Gasteiger partial charge in [-0.15, -0.1) is 0 Å². The maximum absolute atomic E-state index is 13.4. The first kappa shape index (κ1) is 27.0. The van der Waals surface area contributed by atoms with E-state index in [2.05, 4.69) is 31.3 Å². The van der Waals surface area contributed by atoms with Crippen LogP contribution >= 0.6 is 15.9 Å². The molecular formula is C28H27BrFN5O3. The minimum Gasteiger partial charge on any atom is -0.483 e. The molecule has 1 aromatic heterocycles. The lowest BCUT2D eigenvalue weighted by Crippen LogP contribution is -2.23. The standard InChI is InChI=1S/C28H27BrFN5O3/c1-4-6-26-33-24-12-10-19(29)13-23(24)28(37)35(26)31-16-18-9-11-22(34(2)3)15-25(18)38-17-27(36)32-21-8-5-7-20(30)14-21/h5,7-16H,4,6,17H2,1-3H3,(H,32,36). The normalized spacial score (nSPS) is 11.2. The number of carbonyl (C=O) groups excluding carboxylic acids is 1. The van der Waals surface area contributed by atoms with Gasteiger partial charge in [-0.1, -0.05) is 28.9 Å². The summed E-state index contributed by atoms with van der Waals surface area (Å²) in [6.07, 6.45) is 2.88. The van der Waals surface area contributed by atoms with Crippen LogP contribution in [-0.4, -0.2) is 42.5 Å². The van der Waals surface area contributed by atoms with Gasteiger partial charge in [-0.3, -0.25) is 9.59 Å². The van der Waals surface area contributed by atoms with Gasteiger partial charge in [0.15, 0.2) is 6.61 Å². The Balaban J connectivity index is 1.65. The van der Waals surface area contributed by atoms with Crippen LogP contribution in [0, 0.1) is 5.82 Å². The van der Waals surface area contributed by atoms with Gasteiger partial charge in [0.1, 0.15) is 17.4 Å². The number of nitrogens with one attached hydrogen (secondary N) is 1. The van der Waals surface area contributed by atoms with E-state index < -0.39 is 11.7 Å². The predicted octanol–water partition coefficient (Wildman–Crippen LogP) is 5.22. The Kier molecular flexibility index (Phi) is 8.52. The second kappa shape index (κ2) is 12.0. The summed E-state index contributed by atoms with van der Waals surface area (Å²) >= 11 is 3.41. The van der Waals surface area contributed by atoms with Gasteiger partial charge in [0.25, 0.3) is 11.5 Å². The summed E-state index contributed by atoms with van der Waals surface area (Å²) in [5.74, 6) is 0.0509. The topological polar surface area (TPSA) is 88.8 Å². The summed E-state index contributed by atoms with van der Waals surface area (Å²) in [5, 5.41) is 7.54. The number of amides is 1. The molecule has 0 saturated carbocycles. The molecule has 1 N–H and O–H groups in total. The number of carbonyl (C=O) groups is 1. The number of aromatic nitrogens is 2. The monoisotopic (exact) mass is 579 g/mol. The first-order valence-corrected chi connectivity index (χ1v) is 12.8. The number of halogens is 2. The molecule has 4 rings (SSSR count). The largest absolute Gasteiger partial charge is 0.483 e. The minimum atomic E-state index is -0.450. The number of fused-ring (bicyclic) bond motifs is 1. The molecule has 0 aliphatic heterocycles. The number of rotatable bonds is 9. The number of hydrogen-bond donors (Lipinski definition) is 1. The minimum absolute atomic E-state index is 0.280. The quantitative estimate of drug-likeness (QED) is 0.275. The van der Waals surface area contributed by atoms with Crippen molar-refractivity contribution in [2.45, 2.75) is 19.8 Å². The Labute approximate surface area is 227 Å². The zero-order valence-corrected chi connectivity index (χ0v) is 22.8. The van der Waals surface area contributed by atoms with Crippen molar-refractivity contribution in [2.75, 3.05) is 30.9 Å². The van der Waals surface area contributed by atoms with E-state index in [4.69, 9.17) is 4.74 Å². The summed E-state index contributed by atoms with van der Waals surface area (Å²) in [7, 11) is 3.78. The molecule has 0 atom stereocenters. The van der Waals surface area contributed by atoms with Crippen LogP contribution in [0.3, 0.4) is 0 Å². The maximum atomic E-state index is 13.4. The summed E-state index contributed by atoms with van der Waals surface area (Å²) in [6.45, 7) is 1.70. The number of hydrogen-bond acceptors (Lipinski definition) is 6. The van der Waals surface area contributed by atoms with Crippen molar-refractivity contribution in [3.05, 3.63) is 92.7 Å². The number of benzene rings is 3. The molecule has 196 valence electrons. The fourth-order valence-corrected chi connectivity index (χ4v) is 4.12. The van der Waals surface area contributed by atoms with E-state index in [-0.39, 0.29) is 12.2 Å². The average Bonchev–Trinajstić information content (AvgIpc) is 2.88. The summed E-state index contributed by atoms with van der Waals surface area (Å²) in [5.41, 5.74) is 2.08. The molecule has 3 aromatic carbocycles. The van der Waals surface area contributed by atoms with Crippen LogP contribution < -0.4 is 20.5 Å². The first-order valence-electron chi connectivity index (χ1n) is 12.0. The van der Waals surface area contributed by atoms with Gasteiger partial charge in [-0.2, -0.15) is 9.78 Å². The summed E-state index contributed by atoms with van der Waals surface area (Å²) in [6, 6.07) is 16.5. The van der Waals surface area contributed by atoms with E-state index in [0.29, 0.717) is 40.1 Å². The molecule has 0 fully saturated rings. The number of anilines is 2. The SMILES string of the molecule is CCCc1nc2ccc(Br)cc2c(=O)n1N=Cc1ccc(N(C)C)cc1OCC(=O)Nc1cccc(F)c1. The molecule has 0 unspecified atom stereocenters. The van der Waals surface area contributed by atoms with Crippen molar-refractivity contribution in [3.63, 3.8) is 0 Å². The summed E-state index contributed by atoms with van der Waals surface area (Å²) in [4.78, 5) is 32.3. The number of ether oxygens (including phenoxy) is 1. The van der Waals surface area contributed by atoms with Crippen molar-refractivity contribution in [2.24, 2.45) is 5.10 Å². The summed E-state index contributed by atoms with van der Waals surface area (Å²) < 4.78 is 21.4. The van der Waals surface area contributed by atoms with Crippen molar-refractivity contribution < 1.29 is 13.9 Å². The van der Waals surface area contributed by atoms with Crippen LogP contribution in [0.15, 0.2) is 75.0 Å². The number of nitrogens with zero attached hydrogens (tertiary/aromatic N) is 4. The third kappa shape index (κ3) is 6.44. The van der Waals surface area contributed by atoms with Gasteiger partial charge < -0.3 is 15.0 Å².